The first kappa shape index (κ1) is 10.7. The number of nitrogens with zero attached hydrogens (tertiary/aromatic N) is 1. The van der Waals surface area contributed by atoms with Gasteiger partial charge < -0.3 is 4.98 Å². The van der Waals surface area contributed by atoms with Gasteiger partial charge in [0.05, 0.1) is 11.1 Å². The standard InChI is InChI=1S/C8H6F4N4/c9-4-1-3(8(10,11)12)2-5-6(4)15-7(14-5)16-13/h1-2H,13H2,(H2,14,15,16). The van der Waals surface area contributed by atoms with Gasteiger partial charge >= 0.3 is 6.18 Å². The van der Waals surface area contributed by atoms with Crippen molar-refractivity contribution in [2.24, 2.45) is 5.84 Å². The molecule has 0 fully saturated rings. The van der Waals surface area contributed by atoms with Gasteiger partial charge in [-0.1, -0.05) is 0 Å². The molecule has 1 aromatic heterocycles. The molecule has 8 heteroatoms. The van der Waals surface area contributed by atoms with Gasteiger partial charge in [0.1, 0.15) is 5.52 Å². The molecule has 16 heavy (non-hydrogen) atoms. The highest BCUT2D eigenvalue weighted by atomic mass is 19.4. The van der Waals surface area contributed by atoms with Crippen LogP contribution in [0.15, 0.2) is 12.1 Å². The molecule has 86 valence electrons. The number of hydrogen-bond acceptors (Lipinski definition) is 3. The highest BCUT2D eigenvalue weighted by Crippen LogP contribution is 2.32. The van der Waals surface area contributed by atoms with Gasteiger partial charge in [0.15, 0.2) is 5.82 Å². The molecule has 0 atom stereocenters. The smallest absolute Gasteiger partial charge is 0.323 e. The van der Waals surface area contributed by atoms with Crippen molar-refractivity contribution < 1.29 is 17.6 Å². The predicted molar refractivity (Wildman–Crippen MR) is 48.9 cm³/mol. The van der Waals surface area contributed by atoms with E-state index in [9.17, 15) is 17.6 Å². The van der Waals surface area contributed by atoms with Gasteiger partial charge in [-0.3, -0.25) is 5.43 Å². The Labute approximate surface area is 86.4 Å². The van der Waals surface area contributed by atoms with Gasteiger partial charge in [0.25, 0.3) is 0 Å². The van der Waals surface area contributed by atoms with Gasteiger partial charge in [0, 0.05) is 0 Å². The molecule has 0 bridgehead atoms. The summed E-state index contributed by atoms with van der Waals surface area (Å²) in [4.78, 5) is 6.03. The van der Waals surface area contributed by atoms with Crippen LogP contribution >= 0.6 is 0 Å². The zero-order valence-electron chi connectivity index (χ0n) is 7.69. The maximum absolute atomic E-state index is 13.3. The largest absolute Gasteiger partial charge is 0.416 e. The summed E-state index contributed by atoms with van der Waals surface area (Å²) in [6.07, 6.45) is -4.60. The average Bonchev–Trinajstić information content (AvgIpc) is 2.59. The van der Waals surface area contributed by atoms with E-state index in [1.807, 2.05) is 0 Å². The highest BCUT2D eigenvalue weighted by Gasteiger charge is 2.32. The highest BCUT2D eigenvalue weighted by molar-refractivity contribution is 5.79. The van der Waals surface area contributed by atoms with Crippen molar-refractivity contribution in [1.82, 2.24) is 9.97 Å². The Hall–Kier alpha value is -1.83. The second-order valence-corrected chi connectivity index (χ2v) is 3.08. The topological polar surface area (TPSA) is 66.7 Å². The summed E-state index contributed by atoms with van der Waals surface area (Å²) in [5.41, 5.74) is 0.746. The number of rotatable bonds is 1. The van der Waals surface area contributed by atoms with E-state index in [1.165, 1.54) is 0 Å². The number of fused-ring (bicyclic) bond motifs is 1. The molecule has 0 radical (unpaired) electrons. The molecule has 4 nitrogen and oxygen atoms in total. The molecule has 2 rings (SSSR count). The fourth-order valence-corrected chi connectivity index (χ4v) is 1.31. The van der Waals surface area contributed by atoms with Crippen molar-refractivity contribution in [2.75, 3.05) is 5.43 Å². The van der Waals surface area contributed by atoms with Crippen LogP contribution in [0, 0.1) is 5.82 Å². The molecule has 0 aliphatic heterocycles. The SMILES string of the molecule is NNc1nc2c(F)cc(C(F)(F)F)cc2[nH]1. The molecule has 0 aliphatic carbocycles. The second kappa shape index (κ2) is 3.34. The number of nitrogens with two attached hydrogens (primary N) is 1. The van der Waals surface area contributed by atoms with E-state index in [-0.39, 0.29) is 17.0 Å². The monoisotopic (exact) mass is 234 g/mol. The van der Waals surface area contributed by atoms with Crippen LogP contribution in [0.5, 0.6) is 0 Å². The third-order valence-corrected chi connectivity index (χ3v) is 2.00. The Balaban J connectivity index is 2.67. The van der Waals surface area contributed by atoms with Gasteiger partial charge in [-0.2, -0.15) is 13.2 Å². The first-order valence-electron chi connectivity index (χ1n) is 4.15. The van der Waals surface area contributed by atoms with Crippen LogP contribution in [0.1, 0.15) is 5.56 Å². The molecular formula is C8H6F4N4. The number of aromatic amines is 1. The average molecular weight is 234 g/mol. The van der Waals surface area contributed by atoms with Gasteiger partial charge in [0.2, 0.25) is 5.95 Å². The van der Waals surface area contributed by atoms with Crippen molar-refractivity contribution in [3.8, 4) is 0 Å². The lowest BCUT2D eigenvalue weighted by molar-refractivity contribution is -0.137. The quantitative estimate of drug-likeness (QED) is 0.401. The minimum Gasteiger partial charge on any atom is -0.323 e. The number of nitrogen functional groups attached to an aromatic ring is 1. The van der Waals surface area contributed by atoms with Crippen molar-refractivity contribution in [3.05, 3.63) is 23.5 Å². The number of H-pyrrole nitrogens is 1. The molecule has 0 saturated carbocycles. The summed E-state index contributed by atoms with van der Waals surface area (Å²) in [6.45, 7) is 0. The van der Waals surface area contributed by atoms with E-state index in [2.05, 4.69) is 15.4 Å². The Morgan fingerprint density at radius 2 is 2.00 bits per heavy atom. The maximum atomic E-state index is 13.3. The first-order valence-corrected chi connectivity index (χ1v) is 4.15. The summed E-state index contributed by atoms with van der Waals surface area (Å²) in [5.74, 6) is 3.94. The first-order chi connectivity index (χ1) is 7.41. The molecule has 1 heterocycles. The summed E-state index contributed by atoms with van der Waals surface area (Å²) >= 11 is 0. The van der Waals surface area contributed by atoms with Crippen molar-refractivity contribution in [3.63, 3.8) is 0 Å². The molecule has 0 saturated heterocycles. The van der Waals surface area contributed by atoms with E-state index >= 15 is 0 Å². The third kappa shape index (κ3) is 1.67. The molecule has 4 N–H and O–H groups in total. The van der Waals surface area contributed by atoms with E-state index < -0.39 is 17.6 Å². The Kier molecular flexibility index (Phi) is 2.23. The van der Waals surface area contributed by atoms with E-state index in [0.717, 1.165) is 6.07 Å². The van der Waals surface area contributed by atoms with Crippen LogP contribution in [0.2, 0.25) is 0 Å². The fourth-order valence-electron chi connectivity index (χ4n) is 1.31. The molecule has 2 aromatic rings. The van der Waals surface area contributed by atoms with Gasteiger partial charge in [-0.25, -0.2) is 15.2 Å². The van der Waals surface area contributed by atoms with Crippen LogP contribution < -0.4 is 11.3 Å². The summed E-state index contributed by atoms with van der Waals surface area (Å²) < 4.78 is 50.3. The molecule has 0 spiro atoms. The number of halogens is 4. The zero-order chi connectivity index (χ0) is 11.9. The van der Waals surface area contributed by atoms with Crippen molar-refractivity contribution in [2.45, 2.75) is 6.18 Å². The molecule has 0 aliphatic rings. The number of hydrazine groups is 1. The Morgan fingerprint density at radius 1 is 1.31 bits per heavy atom. The number of anilines is 1. The minimum absolute atomic E-state index is 0.00627. The Morgan fingerprint density at radius 3 is 2.56 bits per heavy atom. The Bertz CT molecular complexity index is 531. The van der Waals surface area contributed by atoms with Gasteiger partial charge in [-0.15, -0.1) is 0 Å². The molecule has 1 aromatic carbocycles. The zero-order valence-corrected chi connectivity index (χ0v) is 7.69. The third-order valence-electron chi connectivity index (χ3n) is 2.00. The van der Waals surface area contributed by atoms with Crippen LogP contribution in [-0.4, -0.2) is 9.97 Å². The summed E-state index contributed by atoms with van der Waals surface area (Å²) in [7, 11) is 0. The number of alkyl halides is 3. The summed E-state index contributed by atoms with van der Waals surface area (Å²) in [6, 6.07) is 1.16. The number of benzene rings is 1. The molecule has 0 unspecified atom stereocenters. The number of nitrogens with one attached hydrogen (secondary N) is 2. The lowest BCUT2D eigenvalue weighted by Gasteiger charge is -2.05. The van der Waals surface area contributed by atoms with E-state index in [1.54, 1.807) is 0 Å². The lowest BCUT2D eigenvalue weighted by Crippen LogP contribution is -2.07. The van der Waals surface area contributed by atoms with E-state index in [4.69, 9.17) is 5.84 Å². The summed E-state index contributed by atoms with van der Waals surface area (Å²) in [5, 5.41) is 0. The minimum atomic E-state index is -4.60. The normalized spacial score (nSPS) is 12.1. The van der Waals surface area contributed by atoms with Crippen LogP contribution in [-0.2, 0) is 6.18 Å². The number of imidazole rings is 1. The number of aromatic nitrogens is 2. The molecular weight excluding hydrogens is 228 g/mol. The molecule has 0 amide bonds. The predicted octanol–water partition coefficient (Wildman–Crippen LogP) is 2.01. The fraction of sp³-hybridized carbons (Fsp3) is 0.125. The van der Waals surface area contributed by atoms with Crippen molar-refractivity contribution in [1.29, 1.82) is 0 Å². The van der Waals surface area contributed by atoms with E-state index in [0.29, 0.717) is 6.07 Å². The maximum Gasteiger partial charge on any atom is 0.416 e. The number of hydrogen-bond donors (Lipinski definition) is 3. The second-order valence-electron chi connectivity index (χ2n) is 3.08. The lowest BCUT2D eigenvalue weighted by atomic mass is 10.2. The van der Waals surface area contributed by atoms with Crippen LogP contribution in [0.4, 0.5) is 23.5 Å². The van der Waals surface area contributed by atoms with Gasteiger partial charge in [-0.05, 0) is 12.1 Å². The van der Waals surface area contributed by atoms with Crippen LogP contribution in [0.25, 0.3) is 11.0 Å². The van der Waals surface area contributed by atoms with Crippen LogP contribution in [0.3, 0.4) is 0 Å². The van der Waals surface area contributed by atoms with Crippen molar-refractivity contribution >= 4 is 17.0 Å².